The first-order valence-electron chi connectivity index (χ1n) is 5.82. The lowest BCUT2D eigenvalue weighted by atomic mass is 10.4. The van der Waals surface area contributed by atoms with Gasteiger partial charge in [-0.3, -0.25) is 4.90 Å². The molecular formula is C11H16F3N3O2S. The van der Waals surface area contributed by atoms with Gasteiger partial charge in [0.05, 0.1) is 20.2 Å². The molecular weight excluding hydrogens is 295 g/mol. The molecule has 5 nitrogen and oxygen atoms in total. The molecule has 0 aliphatic heterocycles. The molecule has 0 saturated heterocycles. The normalized spacial score (nSPS) is 11.9. The van der Waals surface area contributed by atoms with Crippen LogP contribution in [0.1, 0.15) is 15.5 Å². The van der Waals surface area contributed by atoms with Gasteiger partial charge in [-0.05, 0) is 7.05 Å². The zero-order valence-electron chi connectivity index (χ0n) is 11.2. The van der Waals surface area contributed by atoms with E-state index in [1.807, 2.05) is 0 Å². The molecule has 0 bridgehead atoms. The zero-order valence-corrected chi connectivity index (χ0v) is 12.0. The topological polar surface area (TPSA) is 54.5 Å². The number of rotatable bonds is 7. The largest absolute Gasteiger partial charge is 0.464 e. The Labute approximate surface area is 118 Å². The number of hydrogen-bond acceptors (Lipinski definition) is 6. The Morgan fingerprint density at radius 1 is 1.55 bits per heavy atom. The van der Waals surface area contributed by atoms with Crippen molar-refractivity contribution in [2.75, 3.05) is 33.8 Å². The van der Waals surface area contributed by atoms with E-state index in [-0.39, 0.29) is 18.8 Å². The molecule has 0 aromatic carbocycles. The van der Waals surface area contributed by atoms with Crippen LogP contribution >= 0.6 is 11.3 Å². The molecule has 0 amide bonds. The Kier molecular flexibility index (Phi) is 6.37. The number of alkyl halides is 3. The van der Waals surface area contributed by atoms with Gasteiger partial charge in [0.25, 0.3) is 0 Å². The highest BCUT2D eigenvalue weighted by molar-refractivity contribution is 7.09. The van der Waals surface area contributed by atoms with E-state index in [2.05, 4.69) is 15.0 Å². The molecule has 0 spiro atoms. The van der Waals surface area contributed by atoms with Crippen LogP contribution in [0.15, 0.2) is 5.38 Å². The summed E-state index contributed by atoms with van der Waals surface area (Å²) >= 11 is 1.14. The lowest BCUT2D eigenvalue weighted by Gasteiger charge is -2.22. The van der Waals surface area contributed by atoms with E-state index in [0.717, 1.165) is 11.3 Å². The highest BCUT2D eigenvalue weighted by atomic mass is 32.1. The lowest BCUT2D eigenvalue weighted by Crippen LogP contribution is -2.37. The van der Waals surface area contributed by atoms with E-state index >= 15 is 0 Å². The second-order valence-corrected chi connectivity index (χ2v) is 4.99. The molecule has 20 heavy (non-hydrogen) atoms. The van der Waals surface area contributed by atoms with Crippen molar-refractivity contribution in [2.45, 2.75) is 12.7 Å². The van der Waals surface area contributed by atoms with Crippen LogP contribution in [0.5, 0.6) is 0 Å². The predicted octanol–water partition coefficient (Wildman–Crippen LogP) is 1.51. The van der Waals surface area contributed by atoms with E-state index in [4.69, 9.17) is 0 Å². The molecule has 0 saturated carbocycles. The zero-order chi connectivity index (χ0) is 15.2. The van der Waals surface area contributed by atoms with Crippen molar-refractivity contribution in [3.8, 4) is 0 Å². The molecule has 114 valence electrons. The molecule has 0 aliphatic rings. The van der Waals surface area contributed by atoms with Crippen LogP contribution in [-0.4, -0.2) is 55.8 Å². The fourth-order valence-corrected chi connectivity index (χ4v) is 2.32. The van der Waals surface area contributed by atoms with Gasteiger partial charge in [0, 0.05) is 18.5 Å². The minimum atomic E-state index is -4.27. The number of likely N-dealkylation sites (N-methyl/N-ethyl adjacent to an activating group) is 1. The first kappa shape index (κ1) is 16.9. The molecule has 1 rings (SSSR count). The molecule has 1 heterocycles. The second-order valence-electron chi connectivity index (χ2n) is 4.05. The van der Waals surface area contributed by atoms with Crippen LogP contribution in [0.2, 0.25) is 0 Å². The molecule has 1 aromatic heterocycles. The van der Waals surface area contributed by atoms with Crippen LogP contribution < -0.4 is 5.32 Å². The third-order valence-corrected chi connectivity index (χ3v) is 3.22. The standard InChI is InChI=1S/C11H16F3N3O2S/c1-15-3-4-17(7-11(12,13)14)5-9-16-8(6-20-9)10(18)19-2/h6,15H,3-5,7H2,1-2H3. The Bertz CT molecular complexity index is 437. The van der Waals surface area contributed by atoms with Gasteiger partial charge in [-0.25, -0.2) is 9.78 Å². The molecule has 0 radical (unpaired) electrons. The van der Waals surface area contributed by atoms with Gasteiger partial charge < -0.3 is 10.1 Å². The molecule has 0 fully saturated rings. The van der Waals surface area contributed by atoms with E-state index in [0.29, 0.717) is 11.6 Å². The summed E-state index contributed by atoms with van der Waals surface area (Å²) in [7, 11) is 2.90. The van der Waals surface area contributed by atoms with Crippen molar-refractivity contribution < 1.29 is 22.7 Å². The number of ether oxygens (including phenoxy) is 1. The summed E-state index contributed by atoms with van der Waals surface area (Å²) in [5, 5.41) is 4.73. The molecule has 0 aliphatic carbocycles. The highest BCUT2D eigenvalue weighted by Gasteiger charge is 2.30. The number of hydrogen-bond donors (Lipinski definition) is 1. The monoisotopic (exact) mass is 311 g/mol. The van der Waals surface area contributed by atoms with E-state index < -0.39 is 18.7 Å². The van der Waals surface area contributed by atoms with Gasteiger partial charge in [0.15, 0.2) is 5.69 Å². The van der Waals surface area contributed by atoms with Gasteiger partial charge >= 0.3 is 12.1 Å². The highest BCUT2D eigenvalue weighted by Crippen LogP contribution is 2.19. The summed E-state index contributed by atoms with van der Waals surface area (Å²) in [5.41, 5.74) is 0.119. The lowest BCUT2D eigenvalue weighted by molar-refractivity contribution is -0.146. The summed E-state index contributed by atoms with van der Waals surface area (Å²) in [5.74, 6) is -0.593. The van der Waals surface area contributed by atoms with Crippen molar-refractivity contribution >= 4 is 17.3 Å². The number of carbonyl (C=O) groups excluding carboxylic acids is 1. The van der Waals surface area contributed by atoms with Gasteiger partial charge in [-0.1, -0.05) is 0 Å². The third kappa shape index (κ3) is 5.85. The molecule has 9 heteroatoms. The van der Waals surface area contributed by atoms with Crippen molar-refractivity contribution in [1.82, 2.24) is 15.2 Å². The second kappa shape index (κ2) is 7.55. The average Bonchev–Trinajstić information content (AvgIpc) is 2.81. The smallest absolute Gasteiger partial charge is 0.401 e. The predicted molar refractivity (Wildman–Crippen MR) is 68.7 cm³/mol. The van der Waals surface area contributed by atoms with Crippen LogP contribution in [-0.2, 0) is 11.3 Å². The SMILES string of the molecule is CNCCN(Cc1nc(C(=O)OC)cs1)CC(F)(F)F. The molecule has 0 unspecified atom stereocenters. The summed E-state index contributed by atoms with van der Waals surface area (Å²) in [6, 6.07) is 0. The first-order valence-corrected chi connectivity index (χ1v) is 6.70. The number of nitrogens with one attached hydrogen (secondary N) is 1. The van der Waals surface area contributed by atoms with E-state index in [1.165, 1.54) is 17.4 Å². The van der Waals surface area contributed by atoms with E-state index in [1.54, 1.807) is 7.05 Å². The van der Waals surface area contributed by atoms with Crippen molar-refractivity contribution in [2.24, 2.45) is 0 Å². The summed E-state index contributed by atoms with van der Waals surface area (Å²) in [6.45, 7) is -0.293. The number of halogens is 3. The van der Waals surface area contributed by atoms with Crippen LogP contribution in [0.3, 0.4) is 0 Å². The van der Waals surface area contributed by atoms with Gasteiger partial charge in [0.1, 0.15) is 5.01 Å². The van der Waals surface area contributed by atoms with Crippen LogP contribution in [0.4, 0.5) is 13.2 Å². The fourth-order valence-electron chi connectivity index (χ4n) is 1.51. The Morgan fingerprint density at radius 3 is 2.80 bits per heavy atom. The maximum Gasteiger partial charge on any atom is 0.401 e. The third-order valence-electron chi connectivity index (χ3n) is 2.39. The first-order chi connectivity index (χ1) is 9.35. The van der Waals surface area contributed by atoms with Crippen molar-refractivity contribution in [3.05, 3.63) is 16.1 Å². The van der Waals surface area contributed by atoms with Crippen molar-refractivity contribution in [3.63, 3.8) is 0 Å². The quantitative estimate of drug-likeness (QED) is 0.774. The molecule has 1 aromatic rings. The van der Waals surface area contributed by atoms with Crippen LogP contribution in [0.25, 0.3) is 0 Å². The van der Waals surface area contributed by atoms with Gasteiger partial charge in [0.2, 0.25) is 0 Å². The van der Waals surface area contributed by atoms with Gasteiger partial charge in [-0.2, -0.15) is 13.2 Å². The molecule has 0 atom stereocenters. The van der Waals surface area contributed by atoms with Gasteiger partial charge in [-0.15, -0.1) is 11.3 Å². The minimum absolute atomic E-state index is 0.0445. The van der Waals surface area contributed by atoms with E-state index in [9.17, 15) is 18.0 Å². The number of aromatic nitrogens is 1. The Morgan fingerprint density at radius 2 is 2.25 bits per heavy atom. The summed E-state index contributed by atoms with van der Waals surface area (Å²) in [6.07, 6.45) is -4.27. The van der Waals surface area contributed by atoms with Crippen molar-refractivity contribution in [1.29, 1.82) is 0 Å². The summed E-state index contributed by atoms with van der Waals surface area (Å²) < 4.78 is 41.9. The van der Waals surface area contributed by atoms with Crippen LogP contribution in [0, 0.1) is 0 Å². The number of carbonyl (C=O) groups is 1. The fraction of sp³-hybridized carbons (Fsp3) is 0.636. The maximum absolute atomic E-state index is 12.5. The Balaban J connectivity index is 2.68. The number of esters is 1. The number of nitrogens with zero attached hydrogens (tertiary/aromatic N) is 2. The number of thiazole rings is 1. The Hall–Kier alpha value is -1.19. The maximum atomic E-state index is 12.5. The molecule has 1 N–H and O–H groups in total. The summed E-state index contributed by atoms with van der Waals surface area (Å²) in [4.78, 5) is 16.4. The number of methoxy groups -OCH3 is 1. The average molecular weight is 311 g/mol. The minimum Gasteiger partial charge on any atom is -0.464 e.